The van der Waals surface area contributed by atoms with Gasteiger partial charge < -0.3 is 15.6 Å². The van der Waals surface area contributed by atoms with Crippen molar-refractivity contribution in [2.45, 2.75) is 0 Å². The zero-order valence-corrected chi connectivity index (χ0v) is 11.6. The molecule has 0 fully saturated rings. The zero-order chi connectivity index (χ0) is 14.8. The lowest BCUT2D eigenvalue weighted by molar-refractivity contribution is 0.210. The molecule has 21 heavy (non-hydrogen) atoms. The van der Waals surface area contributed by atoms with Crippen LogP contribution in [0.1, 0.15) is 0 Å². The molecule has 0 aliphatic heterocycles. The number of nitrogens with one attached hydrogen (secondary N) is 1. The molecule has 1 heterocycles. The topological polar surface area (TPSA) is 97.5 Å². The Kier molecular flexibility index (Phi) is 3.33. The minimum absolute atomic E-state index is 0.335. The fourth-order valence-corrected chi connectivity index (χ4v) is 2.67. The molecule has 2 aromatic carbocycles. The van der Waals surface area contributed by atoms with E-state index in [0.29, 0.717) is 27.8 Å². The van der Waals surface area contributed by atoms with Crippen LogP contribution in [-0.2, 0) is 0 Å². The number of thiazole rings is 1. The summed E-state index contributed by atoms with van der Waals surface area (Å²) in [7, 11) is 0. The molecule has 0 saturated heterocycles. The average Bonchev–Trinajstić information content (AvgIpc) is 2.82. The van der Waals surface area contributed by atoms with Crippen molar-refractivity contribution in [2.24, 2.45) is 0 Å². The third-order valence-corrected chi connectivity index (χ3v) is 3.62. The SMILES string of the molecule is Nc1ccc(Oc2ccc3nc(NC(=O)O)sc3c2)cc1. The van der Waals surface area contributed by atoms with Gasteiger partial charge >= 0.3 is 6.09 Å². The second-order valence-electron chi connectivity index (χ2n) is 4.25. The highest BCUT2D eigenvalue weighted by Crippen LogP contribution is 2.31. The predicted molar refractivity (Wildman–Crippen MR) is 82.2 cm³/mol. The van der Waals surface area contributed by atoms with Crippen LogP contribution in [0, 0.1) is 0 Å². The lowest BCUT2D eigenvalue weighted by Crippen LogP contribution is -2.06. The fourth-order valence-electron chi connectivity index (χ4n) is 1.79. The summed E-state index contributed by atoms with van der Waals surface area (Å²) in [5.41, 5.74) is 7.01. The molecule has 106 valence electrons. The van der Waals surface area contributed by atoms with Gasteiger partial charge in [-0.1, -0.05) is 11.3 Å². The van der Waals surface area contributed by atoms with E-state index >= 15 is 0 Å². The molecule has 6 nitrogen and oxygen atoms in total. The number of hydrogen-bond donors (Lipinski definition) is 3. The highest BCUT2D eigenvalue weighted by Gasteiger charge is 2.07. The smallest absolute Gasteiger partial charge is 0.410 e. The van der Waals surface area contributed by atoms with Gasteiger partial charge in [0.25, 0.3) is 0 Å². The molecule has 0 unspecified atom stereocenters. The number of ether oxygens (including phenoxy) is 1. The number of hydrogen-bond acceptors (Lipinski definition) is 5. The molecule has 0 bridgehead atoms. The maximum absolute atomic E-state index is 10.6. The number of nitrogens with two attached hydrogens (primary N) is 1. The number of rotatable bonds is 3. The summed E-state index contributed by atoms with van der Waals surface area (Å²) >= 11 is 1.25. The standard InChI is InChI=1S/C14H11N3O3S/c15-8-1-3-9(4-2-8)20-10-5-6-11-12(7-10)21-13(16-11)17-14(18)19/h1-7H,15H2,(H,16,17)(H,18,19). The van der Waals surface area contributed by atoms with E-state index in [2.05, 4.69) is 10.3 Å². The van der Waals surface area contributed by atoms with Crippen LogP contribution in [0.5, 0.6) is 11.5 Å². The maximum Gasteiger partial charge on any atom is 0.410 e. The second kappa shape index (κ2) is 5.29. The van der Waals surface area contributed by atoms with Crippen molar-refractivity contribution in [1.82, 2.24) is 4.98 Å². The molecule has 4 N–H and O–H groups in total. The van der Waals surface area contributed by atoms with Gasteiger partial charge in [0.2, 0.25) is 0 Å². The van der Waals surface area contributed by atoms with Gasteiger partial charge in [-0.15, -0.1) is 0 Å². The van der Waals surface area contributed by atoms with Crippen LogP contribution in [0.25, 0.3) is 10.2 Å². The zero-order valence-electron chi connectivity index (χ0n) is 10.7. The van der Waals surface area contributed by atoms with Gasteiger partial charge in [-0.25, -0.2) is 9.78 Å². The van der Waals surface area contributed by atoms with E-state index in [1.807, 2.05) is 6.07 Å². The van der Waals surface area contributed by atoms with Crippen molar-refractivity contribution in [2.75, 3.05) is 11.1 Å². The van der Waals surface area contributed by atoms with Crippen molar-refractivity contribution in [3.05, 3.63) is 42.5 Å². The predicted octanol–water partition coefficient (Wildman–Crippen LogP) is 3.76. The van der Waals surface area contributed by atoms with Gasteiger partial charge in [0, 0.05) is 11.8 Å². The Hall–Kier alpha value is -2.80. The summed E-state index contributed by atoms with van der Waals surface area (Å²) in [5.74, 6) is 1.33. The number of carboxylic acid groups (broad SMARTS) is 1. The molecule has 0 saturated carbocycles. The van der Waals surface area contributed by atoms with E-state index in [1.165, 1.54) is 11.3 Å². The quantitative estimate of drug-likeness (QED) is 0.640. The number of nitrogens with zero attached hydrogens (tertiary/aromatic N) is 1. The van der Waals surface area contributed by atoms with Crippen molar-refractivity contribution in [3.8, 4) is 11.5 Å². The third kappa shape index (κ3) is 3.03. The van der Waals surface area contributed by atoms with E-state index in [9.17, 15) is 4.79 Å². The molecule has 0 spiro atoms. The Labute approximate surface area is 123 Å². The molecule has 0 atom stereocenters. The number of fused-ring (bicyclic) bond motifs is 1. The molecule has 0 radical (unpaired) electrons. The Bertz CT molecular complexity index is 799. The highest BCUT2D eigenvalue weighted by atomic mass is 32.1. The lowest BCUT2D eigenvalue weighted by atomic mass is 10.3. The number of aromatic nitrogens is 1. The van der Waals surface area contributed by atoms with Gasteiger partial charge in [-0.3, -0.25) is 5.32 Å². The first kappa shape index (κ1) is 13.2. The van der Waals surface area contributed by atoms with Gasteiger partial charge in [-0.05, 0) is 36.4 Å². The van der Waals surface area contributed by atoms with E-state index in [0.717, 1.165) is 4.70 Å². The first-order chi connectivity index (χ1) is 10.1. The monoisotopic (exact) mass is 301 g/mol. The first-order valence-corrected chi connectivity index (χ1v) is 6.86. The minimum atomic E-state index is -1.13. The second-order valence-corrected chi connectivity index (χ2v) is 5.28. The molecule has 1 aromatic heterocycles. The van der Waals surface area contributed by atoms with Crippen LogP contribution in [0.15, 0.2) is 42.5 Å². The summed E-state index contributed by atoms with van der Waals surface area (Å²) in [6, 6.07) is 12.5. The molecular formula is C14H11N3O3S. The number of nitrogen functional groups attached to an aromatic ring is 1. The maximum atomic E-state index is 10.6. The van der Waals surface area contributed by atoms with Gasteiger partial charge in [-0.2, -0.15) is 0 Å². The van der Waals surface area contributed by atoms with E-state index in [4.69, 9.17) is 15.6 Å². The van der Waals surface area contributed by atoms with E-state index in [1.54, 1.807) is 36.4 Å². The summed E-state index contributed by atoms with van der Waals surface area (Å²) in [6.07, 6.45) is -1.13. The van der Waals surface area contributed by atoms with Crippen LogP contribution in [-0.4, -0.2) is 16.2 Å². The highest BCUT2D eigenvalue weighted by molar-refractivity contribution is 7.22. The summed E-state index contributed by atoms with van der Waals surface area (Å²) in [5, 5.41) is 11.3. The summed E-state index contributed by atoms with van der Waals surface area (Å²) in [4.78, 5) is 14.8. The molecule has 0 aliphatic rings. The van der Waals surface area contributed by atoms with E-state index in [-0.39, 0.29) is 0 Å². The minimum Gasteiger partial charge on any atom is -0.465 e. The largest absolute Gasteiger partial charge is 0.465 e. The Balaban J connectivity index is 1.86. The van der Waals surface area contributed by atoms with Gasteiger partial charge in [0.05, 0.1) is 10.2 Å². The Morgan fingerprint density at radius 3 is 2.62 bits per heavy atom. The fraction of sp³-hybridized carbons (Fsp3) is 0. The normalized spacial score (nSPS) is 10.5. The molecular weight excluding hydrogens is 290 g/mol. The van der Waals surface area contributed by atoms with Crippen LogP contribution in [0.3, 0.4) is 0 Å². The molecule has 3 aromatic rings. The van der Waals surface area contributed by atoms with Crippen molar-refractivity contribution in [1.29, 1.82) is 0 Å². The van der Waals surface area contributed by atoms with Crippen molar-refractivity contribution < 1.29 is 14.6 Å². The lowest BCUT2D eigenvalue weighted by Gasteiger charge is -2.05. The van der Waals surface area contributed by atoms with Crippen LogP contribution in [0.2, 0.25) is 0 Å². The van der Waals surface area contributed by atoms with Crippen LogP contribution >= 0.6 is 11.3 Å². The van der Waals surface area contributed by atoms with Crippen LogP contribution in [0.4, 0.5) is 15.6 Å². The van der Waals surface area contributed by atoms with Crippen LogP contribution < -0.4 is 15.8 Å². The number of amides is 1. The third-order valence-electron chi connectivity index (χ3n) is 2.69. The number of benzene rings is 2. The number of anilines is 2. The van der Waals surface area contributed by atoms with Gasteiger partial charge in [0.15, 0.2) is 5.13 Å². The molecule has 0 aliphatic carbocycles. The Morgan fingerprint density at radius 2 is 1.90 bits per heavy atom. The molecule has 7 heteroatoms. The first-order valence-electron chi connectivity index (χ1n) is 6.04. The number of carbonyl (C=O) groups is 1. The van der Waals surface area contributed by atoms with Crippen molar-refractivity contribution in [3.63, 3.8) is 0 Å². The summed E-state index contributed by atoms with van der Waals surface area (Å²) in [6.45, 7) is 0. The van der Waals surface area contributed by atoms with Crippen molar-refractivity contribution >= 4 is 38.5 Å². The van der Waals surface area contributed by atoms with Gasteiger partial charge in [0.1, 0.15) is 11.5 Å². The Morgan fingerprint density at radius 1 is 1.19 bits per heavy atom. The molecule has 3 rings (SSSR count). The average molecular weight is 301 g/mol. The molecule has 1 amide bonds. The van der Waals surface area contributed by atoms with E-state index < -0.39 is 6.09 Å². The summed E-state index contributed by atoms with van der Waals surface area (Å²) < 4.78 is 6.56.